The van der Waals surface area contributed by atoms with Crippen LogP contribution in [-0.2, 0) is 17.8 Å². The first-order valence-electron chi connectivity index (χ1n) is 10.6. The van der Waals surface area contributed by atoms with E-state index in [1.165, 1.54) is 12.8 Å². The molecule has 1 aliphatic heterocycles. The van der Waals surface area contributed by atoms with Gasteiger partial charge in [-0.05, 0) is 49.7 Å². The second-order valence-electron chi connectivity index (χ2n) is 7.85. The summed E-state index contributed by atoms with van der Waals surface area (Å²) in [6.45, 7) is 4.35. The maximum absolute atomic E-state index is 12.5. The van der Waals surface area contributed by atoms with Crippen LogP contribution >= 0.6 is 34.8 Å². The van der Waals surface area contributed by atoms with Crippen molar-refractivity contribution in [2.45, 2.75) is 32.2 Å². The molecule has 0 atom stereocenters. The van der Waals surface area contributed by atoms with Crippen molar-refractivity contribution in [1.29, 1.82) is 0 Å². The molecule has 1 fully saturated rings. The van der Waals surface area contributed by atoms with Crippen LogP contribution in [0.1, 0.15) is 30.7 Å². The van der Waals surface area contributed by atoms with E-state index in [0.717, 1.165) is 42.1 Å². The molecule has 1 amide bonds. The molecule has 1 saturated heterocycles. The lowest BCUT2D eigenvalue weighted by Crippen LogP contribution is -2.33. The molecule has 1 aromatic heterocycles. The predicted molar refractivity (Wildman–Crippen MR) is 127 cm³/mol. The van der Waals surface area contributed by atoms with Gasteiger partial charge in [-0.2, -0.15) is 0 Å². The molecule has 0 radical (unpaired) electrons. The lowest BCUT2D eigenvalue weighted by atomic mass is 10.1. The second kappa shape index (κ2) is 10.2. The zero-order chi connectivity index (χ0) is 21.8. The molecule has 2 heterocycles. The fourth-order valence-electron chi connectivity index (χ4n) is 4.03. The molecule has 0 spiro atoms. The molecule has 2 aromatic carbocycles. The van der Waals surface area contributed by atoms with E-state index in [4.69, 9.17) is 39.8 Å². The van der Waals surface area contributed by atoms with E-state index in [-0.39, 0.29) is 5.91 Å². The van der Waals surface area contributed by atoms with E-state index in [1.54, 1.807) is 6.07 Å². The third kappa shape index (κ3) is 5.53. The lowest BCUT2D eigenvalue weighted by molar-refractivity contribution is -0.121. The molecule has 3 aromatic rings. The number of imidazole rings is 1. The zero-order valence-corrected chi connectivity index (χ0v) is 19.5. The number of halogens is 3. The van der Waals surface area contributed by atoms with Gasteiger partial charge in [-0.3, -0.25) is 4.79 Å². The van der Waals surface area contributed by atoms with Crippen LogP contribution < -0.4 is 5.32 Å². The maximum Gasteiger partial charge on any atom is 0.221 e. The second-order valence-corrected chi connectivity index (χ2v) is 9.07. The van der Waals surface area contributed by atoms with Crippen LogP contribution in [0.2, 0.25) is 15.1 Å². The van der Waals surface area contributed by atoms with Crippen LogP contribution in [0.15, 0.2) is 36.4 Å². The largest absolute Gasteiger partial charge is 0.355 e. The third-order valence-corrected chi connectivity index (χ3v) is 6.78. The maximum atomic E-state index is 12.5. The van der Waals surface area contributed by atoms with Crippen molar-refractivity contribution in [2.24, 2.45) is 0 Å². The standard InChI is InChI=1S/C23H25Cl3N4O/c24-17-6-2-1-5-16(17)13-22-28-20-14-18(25)19(26)15-21(20)30(22)11-7-23(31)27-8-12-29-9-3-4-10-29/h1-2,5-6,14-15H,3-4,7-13H2,(H,27,31). The van der Waals surface area contributed by atoms with E-state index in [9.17, 15) is 4.79 Å². The van der Waals surface area contributed by atoms with E-state index in [0.29, 0.717) is 41.0 Å². The molecule has 164 valence electrons. The first-order chi connectivity index (χ1) is 15.0. The number of amides is 1. The Morgan fingerprint density at radius 1 is 1.00 bits per heavy atom. The summed E-state index contributed by atoms with van der Waals surface area (Å²) >= 11 is 18.8. The third-order valence-electron chi connectivity index (χ3n) is 5.69. The van der Waals surface area contributed by atoms with Gasteiger partial charge in [0.05, 0.1) is 21.1 Å². The highest BCUT2D eigenvalue weighted by Gasteiger charge is 2.16. The highest BCUT2D eigenvalue weighted by Crippen LogP contribution is 2.30. The highest BCUT2D eigenvalue weighted by molar-refractivity contribution is 6.42. The van der Waals surface area contributed by atoms with Crippen LogP contribution in [0.5, 0.6) is 0 Å². The quantitative estimate of drug-likeness (QED) is 0.484. The average molecular weight is 480 g/mol. The van der Waals surface area contributed by atoms with Gasteiger partial charge < -0.3 is 14.8 Å². The number of hydrogen-bond acceptors (Lipinski definition) is 3. The minimum Gasteiger partial charge on any atom is -0.355 e. The van der Waals surface area contributed by atoms with E-state index >= 15 is 0 Å². The van der Waals surface area contributed by atoms with Crippen molar-refractivity contribution in [2.75, 3.05) is 26.2 Å². The van der Waals surface area contributed by atoms with E-state index < -0.39 is 0 Å². The Kier molecular flexibility index (Phi) is 7.39. The Bertz CT molecular complexity index is 1080. The molecule has 4 rings (SSSR count). The van der Waals surface area contributed by atoms with Gasteiger partial charge in [0.15, 0.2) is 0 Å². The molecule has 1 aliphatic rings. The molecule has 0 unspecified atom stereocenters. The monoisotopic (exact) mass is 478 g/mol. The molecular formula is C23H25Cl3N4O. The molecule has 31 heavy (non-hydrogen) atoms. The molecule has 1 N–H and O–H groups in total. The Morgan fingerprint density at radius 2 is 1.74 bits per heavy atom. The number of benzene rings is 2. The molecule has 8 heteroatoms. The first-order valence-corrected chi connectivity index (χ1v) is 11.7. The number of carbonyl (C=O) groups excluding carboxylic acids is 1. The molecule has 0 bridgehead atoms. The summed E-state index contributed by atoms with van der Waals surface area (Å²) in [7, 11) is 0. The van der Waals surface area contributed by atoms with Crippen molar-refractivity contribution in [1.82, 2.24) is 19.8 Å². The van der Waals surface area contributed by atoms with Gasteiger partial charge >= 0.3 is 0 Å². The average Bonchev–Trinajstić information content (AvgIpc) is 3.37. The Morgan fingerprint density at radius 3 is 2.52 bits per heavy atom. The van der Waals surface area contributed by atoms with Gasteiger partial charge in [0.25, 0.3) is 0 Å². The number of nitrogens with zero attached hydrogens (tertiary/aromatic N) is 3. The van der Waals surface area contributed by atoms with Crippen LogP contribution in [0, 0.1) is 0 Å². The van der Waals surface area contributed by atoms with Gasteiger partial charge in [0.1, 0.15) is 5.82 Å². The summed E-state index contributed by atoms with van der Waals surface area (Å²) in [6.07, 6.45) is 3.42. The Balaban J connectivity index is 1.49. The number of nitrogens with one attached hydrogen (secondary N) is 1. The number of hydrogen-bond donors (Lipinski definition) is 1. The highest BCUT2D eigenvalue weighted by atomic mass is 35.5. The smallest absolute Gasteiger partial charge is 0.221 e. The zero-order valence-electron chi connectivity index (χ0n) is 17.2. The van der Waals surface area contributed by atoms with Gasteiger partial charge in [-0.15, -0.1) is 0 Å². The molecule has 0 saturated carbocycles. The lowest BCUT2D eigenvalue weighted by Gasteiger charge is -2.15. The molecule has 5 nitrogen and oxygen atoms in total. The first kappa shape index (κ1) is 22.4. The van der Waals surface area contributed by atoms with Crippen LogP contribution in [-0.4, -0.2) is 46.5 Å². The summed E-state index contributed by atoms with van der Waals surface area (Å²) in [5, 5.41) is 4.66. The van der Waals surface area contributed by atoms with E-state index in [2.05, 4.69) is 10.2 Å². The summed E-state index contributed by atoms with van der Waals surface area (Å²) in [6, 6.07) is 11.3. The summed E-state index contributed by atoms with van der Waals surface area (Å²) in [4.78, 5) is 19.6. The predicted octanol–water partition coefficient (Wildman–Crippen LogP) is 5.19. The number of rotatable bonds is 8. The minimum absolute atomic E-state index is 0.0322. The number of aryl methyl sites for hydroxylation is 1. The van der Waals surface area contributed by atoms with Crippen LogP contribution in [0.4, 0.5) is 0 Å². The van der Waals surface area contributed by atoms with Gasteiger partial charge in [0.2, 0.25) is 5.91 Å². The van der Waals surface area contributed by atoms with Crippen molar-refractivity contribution < 1.29 is 4.79 Å². The summed E-state index contributed by atoms with van der Waals surface area (Å²) < 4.78 is 2.04. The normalized spacial score (nSPS) is 14.4. The number of fused-ring (bicyclic) bond motifs is 1. The van der Waals surface area contributed by atoms with Gasteiger partial charge in [0, 0.05) is 37.5 Å². The summed E-state index contributed by atoms with van der Waals surface area (Å²) in [5.41, 5.74) is 2.60. The topological polar surface area (TPSA) is 50.2 Å². The van der Waals surface area contributed by atoms with Gasteiger partial charge in [-0.1, -0.05) is 53.0 Å². The molecule has 0 aliphatic carbocycles. The fourth-order valence-corrected chi connectivity index (χ4v) is 4.55. The SMILES string of the molecule is O=C(CCn1c(Cc2ccccc2Cl)nc2cc(Cl)c(Cl)cc21)NCCN1CCCC1. The van der Waals surface area contributed by atoms with Gasteiger partial charge in [-0.25, -0.2) is 4.98 Å². The van der Waals surface area contributed by atoms with Crippen molar-refractivity contribution in [3.8, 4) is 0 Å². The number of aromatic nitrogens is 2. The number of carbonyl (C=O) groups is 1. The van der Waals surface area contributed by atoms with E-state index in [1.807, 2.05) is 34.9 Å². The van der Waals surface area contributed by atoms with Crippen LogP contribution in [0.3, 0.4) is 0 Å². The summed E-state index contributed by atoms with van der Waals surface area (Å²) in [5.74, 6) is 0.858. The Labute approximate surface area is 197 Å². The van der Waals surface area contributed by atoms with Crippen LogP contribution in [0.25, 0.3) is 11.0 Å². The Hall–Kier alpha value is -1.79. The number of likely N-dealkylation sites (tertiary alicyclic amines) is 1. The van der Waals surface area contributed by atoms with Crippen molar-refractivity contribution >= 4 is 51.7 Å². The fraction of sp³-hybridized carbons (Fsp3) is 0.391. The van der Waals surface area contributed by atoms with Crippen molar-refractivity contribution in [3.05, 3.63) is 62.9 Å². The van der Waals surface area contributed by atoms with Crippen molar-refractivity contribution in [3.63, 3.8) is 0 Å². The molecular weight excluding hydrogens is 455 g/mol. The minimum atomic E-state index is 0.0322.